The first-order chi connectivity index (χ1) is 12.0. The van der Waals surface area contributed by atoms with Gasteiger partial charge in [-0.2, -0.15) is 0 Å². The Morgan fingerprint density at radius 2 is 1.88 bits per heavy atom. The molecule has 3 rings (SSSR count). The lowest BCUT2D eigenvalue weighted by Gasteiger charge is -2.34. The highest BCUT2D eigenvalue weighted by Gasteiger charge is 2.59. The average Bonchev–Trinajstić information content (AvgIpc) is 2.95. The summed E-state index contributed by atoms with van der Waals surface area (Å²) in [6, 6.07) is 0. The zero-order valence-electron chi connectivity index (χ0n) is 15.1. The van der Waals surface area contributed by atoms with E-state index in [1.807, 2.05) is 0 Å². The molecule has 1 fully saturated rings. The zero-order valence-corrected chi connectivity index (χ0v) is 15.1. The number of hydrogen-bond donors (Lipinski definition) is 1. The Bertz CT molecular complexity index is 758. The van der Waals surface area contributed by atoms with Gasteiger partial charge in [-0.05, 0) is 25.0 Å². The maximum Gasteiger partial charge on any atom is 0.334 e. The summed E-state index contributed by atoms with van der Waals surface area (Å²) in [5, 5.41) is 10.8. The van der Waals surface area contributed by atoms with Crippen LogP contribution in [-0.4, -0.2) is 46.9 Å². The van der Waals surface area contributed by atoms with Crippen molar-refractivity contribution in [3.8, 4) is 0 Å². The van der Waals surface area contributed by atoms with Crippen LogP contribution in [0.4, 0.5) is 0 Å². The number of carbonyl (C=O) groups is 3. The summed E-state index contributed by atoms with van der Waals surface area (Å²) in [7, 11) is 0. The van der Waals surface area contributed by atoms with Crippen molar-refractivity contribution in [1.29, 1.82) is 0 Å². The Morgan fingerprint density at radius 3 is 2.46 bits per heavy atom. The van der Waals surface area contributed by atoms with Crippen molar-refractivity contribution in [1.82, 2.24) is 0 Å². The minimum Gasteiger partial charge on any atom is -0.457 e. The molecule has 0 radical (unpaired) electrons. The predicted molar refractivity (Wildman–Crippen MR) is 89.6 cm³/mol. The molecular formula is C19H22O7. The molecular weight excluding hydrogens is 340 g/mol. The van der Waals surface area contributed by atoms with Crippen molar-refractivity contribution in [3.05, 3.63) is 35.5 Å². The lowest BCUT2D eigenvalue weighted by molar-refractivity contribution is -0.168. The van der Waals surface area contributed by atoms with E-state index >= 15 is 0 Å². The minimum atomic E-state index is -1.27. The van der Waals surface area contributed by atoms with E-state index in [1.165, 1.54) is 13.8 Å². The van der Waals surface area contributed by atoms with Crippen LogP contribution in [0.1, 0.15) is 27.7 Å². The van der Waals surface area contributed by atoms with Crippen molar-refractivity contribution in [2.75, 3.05) is 0 Å². The standard InChI is InChI=1S/C19H22O7/c1-8-12-6-7-19(5,23)14(12)16-13(9(2)18(22)26-16)17(25-11(4)21)15(8)24-10(3)20/h6-7,13-17,23H,2H2,1,3-5H3. The first-order valence-electron chi connectivity index (χ1n) is 8.41. The van der Waals surface area contributed by atoms with E-state index in [0.717, 1.165) is 0 Å². The van der Waals surface area contributed by atoms with Gasteiger partial charge in [0.25, 0.3) is 0 Å². The molecule has 140 valence electrons. The SMILES string of the molecule is C=C1C(=O)OC2C1C(OC(C)=O)C(OC(C)=O)C(C)=C1C=CC(C)(O)C12. The number of carbonyl (C=O) groups excluding carboxylic acids is 3. The smallest absolute Gasteiger partial charge is 0.334 e. The quantitative estimate of drug-likeness (QED) is 0.448. The molecule has 26 heavy (non-hydrogen) atoms. The van der Waals surface area contributed by atoms with E-state index in [2.05, 4.69) is 6.58 Å². The van der Waals surface area contributed by atoms with Crippen LogP contribution in [0.15, 0.2) is 35.5 Å². The van der Waals surface area contributed by atoms with E-state index in [1.54, 1.807) is 26.0 Å². The van der Waals surface area contributed by atoms with Crippen LogP contribution < -0.4 is 0 Å². The van der Waals surface area contributed by atoms with Crippen LogP contribution in [0.2, 0.25) is 0 Å². The molecule has 1 N–H and O–H groups in total. The Labute approximate surface area is 151 Å². The Balaban J connectivity index is 2.20. The highest BCUT2D eigenvalue weighted by molar-refractivity contribution is 5.91. The number of aliphatic hydroxyl groups is 1. The molecule has 0 aromatic rings. The fourth-order valence-corrected chi connectivity index (χ4v) is 4.19. The fourth-order valence-electron chi connectivity index (χ4n) is 4.19. The molecule has 1 aliphatic heterocycles. The third-order valence-electron chi connectivity index (χ3n) is 5.28. The molecule has 2 aliphatic carbocycles. The molecule has 0 aromatic heterocycles. The van der Waals surface area contributed by atoms with E-state index in [4.69, 9.17) is 14.2 Å². The second-order valence-corrected chi connectivity index (χ2v) is 7.20. The van der Waals surface area contributed by atoms with Gasteiger partial charge >= 0.3 is 17.9 Å². The monoisotopic (exact) mass is 362 g/mol. The van der Waals surface area contributed by atoms with Crippen LogP contribution in [0.25, 0.3) is 0 Å². The number of allylic oxidation sites excluding steroid dienone is 1. The van der Waals surface area contributed by atoms with Gasteiger partial charge in [-0.1, -0.05) is 18.7 Å². The van der Waals surface area contributed by atoms with Gasteiger partial charge in [-0.15, -0.1) is 0 Å². The van der Waals surface area contributed by atoms with E-state index in [9.17, 15) is 19.5 Å². The zero-order chi connectivity index (χ0) is 19.4. The molecule has 6 unspecified atom stereocenters. The van der Waals surface area contributed by atoms with Crippen molar-refractivity contribution >= 4 is 17.9 Å². The molecule has 0 saturated carbocycles. The normalized spacial score (nSPS) is 38.4. The number of hydrogen-bond acceptors (Lipinski definition) is 7. The summed E-state index contributed by atoms with van der Waals surface area (Å²) in [6.45, 7) is 9.66. The molecule has 7 nitrogen and oxygen atoms in total. The van der Waals surface area contributed by atoms with Crippen LogP contribution in [0.3, 0.4) is 0 Å². The summed E-state index contributed by atoms with van der Waals surface area (Å²) in [6.07, 6.45) is 0.698. The molecule has 3 aliphatic rings. The van der Waals surface area contributed by atoms with Crippen LogP contribution in [0, 0.1) is 11.8 Å². The van der Waals surface area contributed by atoms with E-state index < -0.39 is 53.7 Å². The molecule has 0 bridgehead atoms. The van der Waals surface area contributed by atoms with Gasteiger partial charge in [0.15, 0.2) is 12.2 Å². The summed E-state index contributed by atoms with van der Waals surface area (Å²) in [4.78, 5) is 35.6. The molecule has 1 heterocycles. The maximum atomic E-state index is 12.2. The number of esters is 3. The predicted octanol–water partition coefficient (Wildman–Crippen LogP) is 1.21. The largest absolute Gasteiger partial charge is 0.457 e. The highest BCUT2D eigenvalue weighted by atomic mass is 16.6. The average molecular weight is 362 g/mol. The molecule has 0 amide bonds. The van der Waals surface area contributed by atoms with Gasteiger partial charge in [0, 0.05) is 19.4 Å². The summed E-state index contributed by atoms with van der Waals surface area (Å²) in [5.41, 5.74) is 0.211. The van der Waals surface area contributed by atoms with Gasteiger partial charge in [0.05, 0.1) is 17.4 Å². The Kier molecular flexibility index (Phi) is 4.30. The maximum absolute atomic E-state index is 12.2. The lowest BCUT2D eigenvalue weighted by atomic mass is 9.78. The summed E-state index contributed by atoms with van der Waals surface area (Å²) >= 11 is 0. The molecule has 7 heteroatoms. The molecule has 6 atom stereocenters. The van der Waals surface area contributed by atoms with Crippen molar-refractivity contribution < 1.29 is 33.7 Å². The number of rotatable bonds is 2. The molecule has 0 aromatic carbocycles. The first kappa shape index (κ1) is 18.4. The molecule has 1 saturated heterocycles. The first-order valence-corrected chi connectivity index (χ1v) is 8.41. The Hall–Kier alpha value is -2.41. The summed E-state index contributed by atoms with van der Waals surface area (Å²) in [5.74, 6) is -3.05. The van der Waals surface area contributed by atoms with Gasteiger partial charge < -0.3 is 19.3 Å². The van der Waals surface area contributed by atoms with Crippen LogP contribution >= 0.6 is 0 Å². The van der Waals surface area contributed by atoms with Crippen LogP contribution in [0.5, 0.6) is 0 Å². The van der Waals surface area contributed by atoms with E-state index in [0.29, 0.717) is 11.1 Å². The van der Waals surface area contributed by atoms with Crippen molar-refractivity contribution in [2.24, 2.45) is 11.8 Å². The van der Waals surface area contributed by atoms with Crippen molar-refractivity contribution in [3.63, 3.8) is 0 Å². The van der Waals surface area contributed by atoms with Gasteiger partial charge in [-0.25, -0.2) is 4.79 Å². The highest BCUT2D eigenvalue weighted by Crippen LogP contribution is 2.50. The third-order valence-corrected chi connectivity index (χ3v) is 5.28. The van der Waals surface area contributed by atoms with Crippen LogP contribution in [-0.2, 0) is 28.6 Å². The number of ether oxygens (including phenoxy) is 3. The second kappa shape index (κ2) is 6.09. The van der Waals surface area contributed by atoms with Crippen molar-refractivity contribution in [2.45, 2.75) is 51.6 Å². The van der Waals surface area contributed by atoms with Gasteiger partial charge in [0.1, 0.15) is 6.10 Å². The lowest BCUT2D eigenvalue weighted by Crippen LogP contribution is -2.46. The number of fused-ring (bicyclic) bond motifs is 3. The Morgan fingerprint density at radius 1 is 1.27 bits per heavy atom. The second-order valence-electron chi connectivity index (χ2n) is 7.20. The minimum absolute atomic E-state index is 0.134. The van der Waals surface area contributed by atoms with E-state index in [-0.39, 0.29) is 5.57 Å². The fraction of sp³-hybridized carbons (Fsp3) is 0.526. The summed E-state index contributed by atoms with van der Waals surface area (Å²) < 4.78 is 16.5. The molecule has 0 spiro atoms. The third kappa shape index (κ3) is 2.76. The topological polar surface area (TPSA) is 99.1 Å². The van der Waals surface area contributed by atoms with Gasteiger partial charge in [-0.3, -0.25) is 9.59 Å². The van der Waals surface area contributed by atoms with Gasteiger partial charge in [0.2, 0.25) is 0 Å².